The van der Waals surface area contributed by atoms with Crippen molar-refractivity contribution in [2.45, 2.75) is 18.9 Å². The Labute approximate surface area is 101 Å². The lowest BCUT2D eigenvalue weighted by Crippen LogP contribution is -2.32. The average molecular weight is 289 g/mol. The van der Waals surface area contributed by atoms with Crippen molar-refractivity contribution in [1.29, 1.82) is 0 Å². The number of halogens is 2. The lowest BCUT2D eigenvalue weighted by atomic mass is 10.0. The summed E-state index contributed by atoms with van der Waals surface area (Å²) in [4.78, 5) is 11.3. The highest BCUT2D eigenvalue weighted by molar-refractivity contribution is 9.10. The molecular formula is C11H10BrFO3. The van der Waals surface area contributed by atoms with E-state index in [0.29, 0.717) is 23.1 Å². The van der Waals surface area contributed by atoms with E-state index in [2.05, 4.69) is 20.7 Å². The molecule has 0 radical (unpaired) electrons. The summed E-state index contributed by atoms with van der Waals surface area (Å²) < 4.78 is 23.6. The topological polar surface area (TPSA) is 35.5 Å². The number of hydrogen-bond acceptors (Lipinski definition) is 3. The van der Waals surface area contributed by atoms with Gasteiger partial charge in [0.1, 0.15) is 11.6 Å². The number of carbonyl (C=O) groups is 1. The third kappa shape index (κ3) is 2.04. The molecule has 0 saturated heterocycles. The van der Waals surface area contributed by atoms with Gasteiger partial charge in [0.05, 0.1) is 11.6 Å². The lowest BCUT2D eigenvalue weighted by Gasteiger charge is -2.24. The first-order chi connectivity index (χ1) is 7.61. The van der Waals surface area contributed by atoms with Crippen LogP contribution in [-0.4, -0.2) is 19.2 Å². The summed E-state index contributed by atoms with van der Waals surface area (Å²) in [6.07, 6.45) is 0.537. The highest BCUT2D eigenvalue weighted by Crippen LogP contribution is 2.32. The molecule has 3 nitrogen and oxygen atoms in total. The van der Waals surface area contributed by atoms with Gasteiger partial charge in [0.2, 0.25) is 0 Å². The van der Waals surface area contributed by atoms with Gasteiger partial charge in [0.25, 0.3) is 0 Å². The van der Waals surface area contributed by atoms with Crippen LogP contribution >= 0.6 is 15.9 Å². The number of rotatable bonds is 1. The fourth-order valence-electron chi connectivity index (χ4n) is 1.67. The van der Waals surface area contributed by atoms with Crippen molar-refractivity contribution in [2.75, 3.05) is 7.11 Å². The molecule has 1 aromatic carbocycles. The molecule has 1 aromatic rings. The summed E-state index contributed by atoms with van der Waals surface area (Å²) in [6, 6.07) is 2.96. The van der Waals surface area contributed by atoms with E-state index < -0.39 is 12.1 Å². The second-order valence-electron chi connectivity index (χ2n) is 3.54. The Morgan fingerprint density at radius 3 is 3.06 bits per heavy atom. The van der Waals surface area contributed by atoms with Crippen molar-refractivity contribution in [3.8, 4) is 5.75 Å². The fraction of sp³-hybridized carbons (Fsp3) is 0.364. The van der Waals surface area contributed by atoms with Gasteiger partial charge >= 0.3 is 5.97 Å². The minimum atomic E-state index is -0.588. The molecule has 0 saturated carbocycles. The van der Waals surface area contributed by atoms with E-state index in [1.165, 1.54) is 13.2 Å². The summed E-state index contributed by atoms with van der Waals surface area (Å²) >= 11 is 3.08. The molecule has 0 N–H and O–H groups in total. The number of ether oxygens (including phenoxy) is 2. The van der Waals surface area contributed by atoms with Crippen molar-refractivity contribution in [3.63, 3.8) is 0 Å². The first-order valence-electron chi connectivity index (χ1n) is 4.84. The minimum absolute atomic E-state index is 0.320. The Balaban J connectivity index is 2.27. The SMILES string of the molecule is COC(=O)C1CCc2cc(F)c(Br)cc2O1. The number of benzene rings is 1. The van der Waals surface area contributed by atoms with E-state index in [-0.39, 0.29) is 5.82 Å². The van der Waals surface area contributed by atoms with Gasteiger partial charge in [0.15, 0.2) is 6.10 Å². The van der Waals surface area contributed by atoms with E-state index in [1.54, 1.807) is 6.07 Å². The van der Waals surface area contributed by atoms with Gasteiger partial charge in [-0.15, -0.1) is 0 Å². The Kier molecular flexibility index (Phi) is 3.14. The van der Waals surface area contributed by atoms with Crippen molar-refractivity contribution in [2.24, 2.45) is 0 Å². The summed E-state index contributed by atoms with van der Waals surface area (Å²) in [5.74, 6) is -0.181. The number of carbonyl (C=O) groups excluding carboxylic acids is 1. The Morgan fingerprint density at radius 2 is 2.38 bits per heavy atom. The van der Waals surface area contributed by atoms with Crippen LogP contribution in [0.2, 0.25) is 0 Å². The van der Waals surface area contributed by atoms with E-state index in [9.17, 15) is 9.18 Å². The molecule has 16 heavy (non-hydrogen) atoms. The van der Waals surface area contributed by atoms with Gasteiger partial charge in [-0.2, -0.15) is 0 Å². The van der Waals surface area contributed by atoms with Gasteiger partial charge in [-0.3, -0.25) is 0 Å². The Hall–Kier alpha value is -1.10. The average Bonchev–Trinajstić information content (AvgIpc) is 2.29. The quantitative estimate of drug-likeness (QED) is 0.745. The van der Waals surface area contributed by atoms with Gasteiger partial charge < -0.3 is 9.47 Å². The zero-order valence-corrected chi connectivity index (χ0v) is 10.2. The van der Waals surface area contributed by atoms with Crippen LogP contribution in [-0.2, 0) is 16.0 Å². The molecule has 1 aliphatic heterocycles. The Bertz CT molecular complexity index is 433. The first kappa shape index (κ1) is 11.4. The number of hydrogen-bond donors (Lipinski definition) is 0. The zero-order chi connectivity index (χ0) is 11.7. The molecular weight excluding hydrogens is 279 g/mol. The third-order valence-electron chi connectivity index (χ3n) is 2.51. The van der Waals surface area contributed by atoms with E-state index in [1.807, 2.05) is 0 Å². The first-order valence-corrected chi connectivity index (χ1v) is 5.63. The van der Waals surface area contributed by atoms with Crippen LogP contribution in [0.25, 0.3) is 0 Å². The molecule has 1 atom stereocenters. The number of aryl methyl sites for hydroxylation is 1. The fourth-order valence-corrected chi connectivity index (χ4v) is 1.99. The summed E-state index contributed by atoms with van der Waals surface area (Å²) in [5.41, 5.74) is 0.779. The third-order valence-corrected chi connectivity index (χ3v) is 3.12. The molecule has 0 bridgehead atoms. The summed E-state index contributed by atoms with van der Waals surface area (Å²) in [7, 11) is 1.32. The molecule has 0 aromatic heterocycles. The molecule has 1 unspecified atom stereocenters. The van der Waals surface area contributed by atoms with Crippen LogP contribution in [0.3, 0.4) is 0 Å². The molecule has 0 aliphatic carbocycles. The predicted octanol–water partition coefficient (Wildman–Crippen LogP) is 2.45. The lowest BCUT2D eigenvalue weighted by molar-refractivity contribution is -0.149. The number of fused-ring (bicyclic) bond motifs is 1. The second-order valence-corrected chi connectivity index (χ2v) is 4.40. The van der Waals surface area contributed by atoms with E-state index >= 15 is 0 Å². The standard InChI is InChI=1S/C11H10BrFO3/c1-15-11(14)9-3-2-6-4-8(13)7(12)5-10(6)16-9/h4-5,9H,2-3H2,1H3. The monoisotopic (exact) mass is 288 g/mol. The molecule has 86 valence electrons. The molecule has 1 aliphatic rings. The van der Waals surface area contributed by atoms with Crippen molar-refractivity contribution < 1.29 is 18.7 Å². The highest BCUT2D eigenvalue weighted by Gasteiger charge is 2.27. The van der Waals surface area contributed by atoms with Crippen molar-refractivity contribution >= 4 is 21.9 Å². The number of methoxy groups -OCH3 is 1. The van der Waals surface area contributed by atoms with Crippen molar-refractivity contribution in [3.05, 3.63) is 28.0 Å². The van der Waals surface area contributed by atoms with Gasteiger partial charge in [0, 0.05) is 0 Å². The molecule has 0 amide bonds. The van der Waals surface area contributed by atoms with Crippen LogP contribution in [0, 0.1) is 5.82 Å². The van der Waals surface area contributed by atoms with Crippen LogP contribution < -0.4 is 4.74 Å². The second kappa shape index (κ2) is 4.41. The van der Waals surface area contributed by atoms with Crippen LogP contribution in [0.4, 0.5) is 4.39 Å². The maximum atomic E-state index is 13.2. The summed E-state index contributed by atoms with van der Waals surface area (Å²) in [5, 5.41) is 0. The van der Waals surface area contributed by atoms with Crippen molar-refractivity contribution in [1.82, 2.24) is 0 Å². The summed E-state index contributed by atoms with van der Waals surface area (Å²) in [6.45, 7) is 0. The molecule has 0 spiro atoms. The largest absolute Gasteiger partial charge is 0.478 e. The smallest absolute Gasteiger partial charge is 0.347 e. The van der Waals surface area contributed by atoms with E-state index in [0.717, 1.165) is 5.56 Å². The van der Waals surface area contributed by atoms with Gasteiger partial charge in [-0.05, 0) is 46.5 Å². The van der Waals surface area contributed by atoms with Crippen LogP contribution in [0.5, 0.6) is 5.75 Å². The zero-order valence-electron chi connectivity index (χ0n) is 8.63. The normalized spacial score (nSPS) is 18.6. The molecule has 1 heterocycles. The number of esters is 1. The van der Waals surface area contributed by atoms with Crippen LogP contribution in [0.1, 0.15) is 12.0 Å². The maximum absolute atomic E-state index is 13.2. The minimum Gasteiger partial charge on any atom is -0.478 e. The van der Waals surface area contributed by atoms with E-state index in [4.69, 9.17) is 4.74 Å². The van der Waals surface area contributed by atoms with Gasteiger partial charge in [-0.25, -0.2) is 9.18 Å². The Morgan fingerprint density at radius 1 is 1.62 bits per heavy atom. The van der Waals surface area contributed by atoms with Crippen LogP contribution in [0.15, 0.2) is 16.6 Å². The molecule has 2 rings (SSSR count). The predicted molar refractivity (Wildman–Crippen MR) is 58.9 cm³/mol. The molecule has 5 heteroatoms. The maximum Gasteiger partial charge on any atom is 0.347 e. The highest BCUT2D eigenvalue weighted by atomic mass is 79.9. The molecule has 0 fully saturated rings. The van der Waals surface area contributed by atoms with Gasteiger partial charge in [-0.1, -0.05) is 0 Å².